The Balaban J connectivity index is 1.91. The van der Waals surface area contributed by atoms with Crippen molar-refractivity contribution in [3.05, 3.63) is 29.8 Å². The minimum Gasteiger partial charge on any atom is -0.392 e. The van der Waals surface area contributed by atoms with Crippen molar-refractivity contribution in [1.29, 1.82) is 0 Å². The molecule has 2 N–H and O–H groups in total. The summed E-state index contributed by atoms with van der Waals surface area (Å²) in [5, 5.41) is 12.6. The third kappa shape index (κ3) is 4.38. The van der Waals surface area contributed by atoms with Crippen molar-refractivity contribution in [3.63, 3.8) is 0 Å². The van der Waals surface area contributed by atoms with E-state index in [2.05, 4.69) is 41.4 Å². The number of amides is 2. The van der Waals surface area contributed by atoms with Crippen molar-refractivity contribution in [2.45, 2.75) is 52.3 Å². The number of nitrogens with one attached hydrogen (secondary N) is 1. The Bertz CT molecular complexity index is 531. The minimum atomic E-state index is -0.522. The van der Waals surface area contributed by atoms with E-state index in [4.69, 9.17) is 0 Å². The van der Waals surface area contributed by atoms with Crippen LogP contribution in [0.3, 0.4) is 0 Å². The number of urea groups is 1. The summed E-state index contributed by atoms with van der Waals surface area (Å²) >= 11 is 0. The maximum atomic E-state index is 12.4. The molecule has 2 rings (SSSR count). The summed E-state index contributed by atoms with van der Waals surface area (Å²) in [6.45, 7) is 9.70. The number of aliphatic hydroxyl groups excluding tert-OH is 1. The number of carbonyl (C=O) groups is 1. The lowest BCUT2D eigenvalue weighted by atomic mass is 10.2. The molecule has 2 unspecified atom stereocenters. The Hall–Kier alpha value is -1.75. The van der Waals surface area contributed by atoms with Crippen molar-refractivity contribution >= 4 is 11.7 Å². The van der Waals surface area contributed by atoms with Gasteiger partial charge in [-0.1, -0.05) is 18.2 Å². The molecule has 0 bridgehead atoms. The average Bonchev–Trinajstić information content (AvgIpc) is 2.93. The molecule has 2 amide bonds. The van der Waals surface area contributed by atoms with E-state index in [0.29, 0.717) is 13.1 Å². The second-order valence-electron chi connectivity index (χ2n) is 6.70. The molecule has 1 aliphatic rings. The van der Waals surface area contributed by atoms with Crippen LogP contribution in [0.2, 0.25) is 0 Å². The van der Waals surface area contributed by atoms with Crippen LogP contribution in [-0.2, 0) is 6.42 Å². The summed E-state index contributed by atoms with van der Waals surface area (Å²) in [6.07, 6.45) is 0.542. The van der Waals surface area contributed by atoms with Gasteiger partial charge in [-0.3, -0.25) is 0 Å². The Morgan fingerprint density at radius 2 is 2.00 bits per heavy atom. The van der Waals surface area contributed by atoms with Gasteiger partial charge in [-0.25, -0.2) is 4.79 Å². The van der Waals surface area contributed by atoms with Gasteiger partial charge in [-0.15, -0.1) is 0 Å². The van der Waals surface area contributed by atoms with Crippen molar-refractivity contribution in [2.75, 3.05) is 24.5 Å². The third-order valence-corrected chi connectivity index (χ3v) is 4.35. The molecule has 128 valence electrons. The fourth-order valence-electron chi connectivity index (χ4n) is 3.08. The fourth-order valence-corrected chi connectivity index (χ4v) is 3.08. The highest BCUT2D eigenvalue weighted by molar-refractivity contribution is 5.74. The van der Waals surface area contributed by atoms with Gasteiger partial charge in [-0.2, -0.15) is 0 Å². The summed E-state index contributed by atoms with van der Waals surface area (Å²) in [6, 6.07) is 8.64. The topological polar surface area (TPSA) is 55.8 Å². The molecule has 2 atom stereocenters. The molecule has 23 heavy (non-hydrogen) atoms. The maximum Gasteiger partial charge on any atom is 0.317 e. The van der Waals surface area contributed by atoms with Gasteiger partial charge >= 0.3 is 6.03 Å². The summed E-state index contributed by atoms with van der Waals surface area (Å²) < 4.78 is 0. The predicted molar refractivity (Wildman–Crippen MR) is 93.9 cm³/mol. The highest BCUT2D eigenvalue weighted by Gasteiger charge is 2.24. The Kier molecular flexibility index (Phi) is 5.88. The van der Waals surface area contributed by atoms with Crippen LogP contribution in [0, 0.1) is 0 Å². The van der Waals surface area contributed by atoms with Gasteiger partial charge in [0.25, 0.3) is 0 Å². The zero-order valence-corrected chi connectivity index (χ0v) is 14.6. The number of para-hydroxylation sites is 1. The molecule has 1 aromatic rings. The molecule has 0 saturated carbocycles. The van der Waals surface area contributed by atoms with Crippen molar-refractivity contribution < 1.29 is 9.90 Å². The highest BCUT2D eigenvalue weighted by Crippen LogP contribution is 2.28. The number of carbonyl (C=O) groups excluding carboxylic acids is 1. The summed E-state index contributed by atoms with van der Waals surface area (Å²) in [4.78, 5) is 16.4. The zero-order valence-electron chi connectivity index (χ0n) is 14.6. The monoisotopic (exact) mass is 319 g/mol. The van der Waals surface area contributed by atoms with E-state index in [0.717, 1.165) is 13.0 Å². The third-order valence-electron chi connectivity index (χ3n) is 4.35. The van der Waals surface area contributed by atoms with Crippen LogP contribution >= 0.6 is 0 Å². The predicted octanol–water partition coefficient (Wildman–Crippen LogP) is 2.24. The molecule has 1 heterocycles. The number of anilines is 1. The first kappa shape index (κ1) is 17.6. The summed E-state index contributed by atoms with van der Waals surface area (Å²) in [5.74, 6) is 0. The van der Waals surface area contributed by atoms with Gasteiger partial charge in [0.15, 0.2) is 0 Å². The number of fused-ring (bicyclic) bond motifs is 1. The molecular weight excluding hydrogens is 290 g/mol. The highest BCUT2D eigenvalue weighted by atomic mass is 16.3. The van der Waals surface area contributed by atoms with Crippen molar-refractivity contribution in [3.8, 4) is 0 Å². The minimum absolute atomic E-state index is 0.0624. The standard InChI is InChI=1S/C18H29N3O2/c1-13(2)21(12-15(4)22)18(23)19-11-14(3)20-10-9-16-7-5-6-8-17(16)20/h5-8,13-15,22H,9-12H2,1-4H3,(H,19,23). The van der Waals surface area contributed by atoms with Crippen LogP contribution in [0.5, 0.6) is 0 Å². The van der Waals surface area contributed by atoms with Gasteiger partial charge in [0.05, 0.1) is 6.10 Å². The van der Waals surface area contributed by atoms with Gasteiger partial charge in [-0.05, 0) is 45.7 Å². The van der Waals surface area contributed by atoms with Crippen LogP contribution in [0.25, 0.3) is 0 Å². The van der Waals surface area contributed by atoms with Crippen LogP contribution < -0.4 is 10.2 Å². The summed E-state index contributed by atoms with van der Waals surface area (Å²) in [7, 11) is 0. The van der Waals surface area contributed by atoms with E-state index >= 15 is 0 Å². The second kappa shape index (κ2) is 7.68. The quantitative estimate of drug-likeness (QED) is 0.845. The second-order valence-corrected chi connectivity index (χ2v) is 6.70. The van der Waals surface area contributed by atoms with Crippen LogP contribution in [0.1, 0.15) is 33.3 Å². The molecule has 1 aromatic carbocycles. The van der Waals surface area contributed by atoms with Crippen molar-refractivity contribution in [2.24, 2.45) is 0 Å². The van der Waals surface area contributed by atoms with E-state index in [9.17, 15) is 9.90 Å². The van der Waals surface area contributed by atoms with Crippen molar-refractivity contribution in [1.82, 2.24) is 10.2 Å². The lowest BCUT2D eigenvalue weighted by molar-refractivity contribution is 0.119. The lowest BCUT2D eigenvalue weighted by Gasteiger charge is -2.31. The Morgan fingerprint density at radius 1 is 1.30 bits per heavy atom. The largest absolute Gasteiger partial charge is 0.392 e. The van der Waals surface area contributed by atoms with E-state index in [-0.39, 0.29) is 18.1 Å². The Labute approximate surface area is 139 Å². The lowest BCUT2D eigenvalue weighted by Crippen LogP contribution is -2.50. The van der Waals surface area contributed by atoms with Crippen LogP contribution in [0.4, 0.5) is 10.5 Å². The molecule has 5 heteroatoms. The number of rotatable bonds is 6. The molecule has 5 nitrogen and oxygen atoms in total. The van der Waals surface area contributed by atoms with E-state index in [1.165, 1.54) is 11.3 Å². The zero-order chi connectivity index (χ0) is 17.0. The van der Waals surface area contributed by atoms with Gasteiger partial charge in [0, 0.05) is 37.4 Å². The molecule has 1 aliphatic heterocycles. The number of aliphatic hydroxyl groups is 1. The molecule has 0 radical (unpaired) electrons. The first-order valence-electron chi connectivity index (χ1n) is 8.47. The van der Waals surface area contributed by atoms with E-state index in [1.54, 1.807) is 11.8 Å². The van der Waals surface area contributed by atoms with E-state index in [1.807, 2.05) is 13.8 Å². The number of hydrogen-bond acceptors (Lipinski definition) is 3. The fraction of sp³-hybridized carbons (Fsp3) is 0.611. The van der Waals surface area contributed by atoms with Crippen LogP contribution in [-0.4, -0.2) is 53.9 Å². The van der Waals surface area contributed by atoms with E-state index < -0.39 is 6.10 Å². The maximum absolute atomic E-state index is 12.4. The molecule has 0 spiro atoms. The molecule has 0 fully saturated rings. The number of hydrogen-bond donors (Lipinski definition) is 2. The first-order valence-corrected chi connectivity index (χ1v) is 8.47. The van der Waals surface area contributed by atoms with Crippen LogP contribution in [0.15, 0.2) is 24.3 Å². The van der Waals surface area contributed by atoms with Gasteiger partial charge in [0.1, 0.15) is 0 Å². The smallest absolute Gasteiger partial charge is 0.317 e. The first-order chi connectivity index (χ1) is 10.9. The molecule has 0 aromatic heterocycles. The number of benzene rings is 1. The molecule has 0 saturated heterocycles. The normalized spacial score (nSPS) is 16.2. The number of nitrogens with zero attached hydrogens (tertiary/aromatic N) is 2. The summed E-state index contributed by atoms with van der Waals surface area (Å²) in [5.41, 5.74) is 2.66. The Morgan fingerprint density at radius 3 is 2.65 bits per heavy atom. The van der Waals surface area contributed by atoms with Gasteiger partial charge < -0.3 is 20.2 Å². The SMILES string of the molecule is CC(O)CN(C(=O)NCC(C)N1CCc2ccccc21)C(C)C. The molecular formula is C18H29N3O2. The molecule has 0 aliphatic carbocycles. The van der Waals surface area contributed by atoms with Gasteiger partial charge in [0.2, 0.25) is 0 Å². The average molecular weight is 319 g/mol.